The highest BCUT2D eigenvalue weighted by molar-refractivity contribution is 5.94. The van der Waals surface area contributed by atoms with Crippen LogP contribution in [0.1, 0.15) is 42.5 Å². The van der Waals surface area contributed by atoms with E-state index in [2.05, 4.69) is 9.88 Å². The van der Waals surface area contributed by atoms with Gasteiger partial charge in [0.15, 0.2) is 0 Å². The van der Waals surface area contributed by atoms with E-state index in [9.17, 15) is 14.7 Å². The lowest BCUT2D eigenvalue weighted by molar-refractivity contribution is -0.151. The van der Waals surface area contributed by atoms with Crippen LogP contribution in [0.3, 0.4) is 0 Å². The summed E-state index contributed by atoms with van der Waals surface area (Å²) in [6, 6.07) is 3.39. The number of carboxylic acid groups (broad SMARTS) is 1. The normalized spacial score (nSPS) is 23.2. The molecule has 176 valence electrons. The highest BCUT2D eigenvalue weighted by Crippen LogP contribution is 2.43. The van der Waals surface area contributed by atoms with Gasteiger partial charge >= 0.3 is 5.97 Å². The molecule has 4 heterocycles. The number of hydrogen-bond acceptors (Lipinski definition) is 8. The fourth-order valence-corrected chi connectivity index (χ4v) is 4.69. The second-order valence-electron chi connectivity index (χ2n) is 8.53. The molecule has 0 bridgehead atoms. The molecule has 2 N–H and O–H groups in total. The molecule has 3 aliphatic heterocycles. The van der Waals surface area contributed by atoms with Gasteiger partial charge in [-0.25, -0.2) is 4.98 Å². The highest BCUT2D eigenvalue weighted by Gasteiger charge is 2.51. The first-order chi connectivity index (χ1) is 15.4. The minimum Gasteiger partial charge on any atom is -0.483 e. The third-order valence-corrected chi connectivity index (χ3v) is 6.54. The number of cyclic esters (lactones) is 1. The first kappa shape index (κ1) is 23.9. The molecule has 4 rings (SSSR count). The summed E-state index contributed by atoms with van der Waals surface area (Å²) < 4.78 is 10.8. The van der Waals surface area contributed by atoms with Crippen molar-refractivity contribution in [2.24, 2.45) is 5.41 Å². The van der Waals surface area contributed by atoms with Gasteiger partial charge in [0.2, 0.25) is 5.88 Å². The number of hydrogen-bond donors (Lipinski definition) is 2. The van der Waals surface area contributed by atoms with E-state index in [1.807, 2.05) is 0 Å². The number of aliphatic hydroxyl groups excluding tert-OH is 1. The summed E-state index contributed by atoms with van der Waals surface area (Å²) in [5.41, 5.74) is 0.0652. The Morgan fingerprint density at radius 1 is 1.28 bits per heavy atom. The Morgan fingerprint density at radius 2 is 1.94 bits per heavy atom. The van der Waals surface area contributed by atoms with E-state index in [0.29, 0.717) is 37.4 Å². The zero-order valence-electron chi connectivity index (χ0n) is 18.3. The van der Waals surface area contributed by atoms with Crippen LogP contribution < -0.4 is 4.74 Å². The first-order valence-corrected chi connectivity index (χ1v) is 10.9. The molecule has 1 spiro atoms. The summed E-state index contributed by atoms with van der Waals surface area (Å²) in [6.07, 6.45) is 4.79. The quantitative estimate of drug-likeness (QED) is 0.506. The van der Waals surface area contributed by atoms with Gasteiger partial charge in [-0.1, -0.05) is 0 Å². The number of likely N-dealkylation sites (tertiary alicyclic amines) is 2. The average molecular weight is 450 g/mol. The molecule has 10 heteroatoms. The first-order valence-electron chi connectivity index (χ1n) is 10.9. The molecule has 10 nitrogen and oxygen atoms in total. The molecule has 1 amide bonds. The summed E-state index contributed by atoms with van der Waals surface area (Å²) in [6.45, 7) is 3.27. The highest BCUT2D eigenvalue weighted by atomic mass is 16.6. The standard InChI is InChI=1S/C21H29N3O5.CH2O2/c1-28-18-3-2-15(13-22-18)19(26)24-10-6-21(7-11-24)12-17(29-20(21)27)14-23-8-4-16(25)5-9-23;2-1-3/h2-3,13,16-17,25H,4-12,14H2,1H3;1H,(H,2,3). The summed E-state index contributed by atoms with van der Waals surface area (Å²) in [4.78, 5) is 41.9. The van der Waals surface area contributed by atoms with Crippen LogP contribution in [0.15, 0.2) is 18.3 Å². The SMILES string of the molecule is COc1ccc(C(=O)N2CCC3(CC2)CC(CN2CCC(O)CC2)OC3=O)cn1.O=CO. The fraction of sp³-hybridized carbons (Fsp3) is 0.636. The lowest BCUT2D eigenvalue weighted by atomic mass is 9.76. The van der Waals surface area contributed by atoms with Crippen molar-refractivity contribution in [3.63, 3.8) is 0 Å². The van der Waals surface area contributed by atoms with Gasteiger partial charge in [0.25, 0.3) is 12.4 Å². The van der Waals surface area contributed by atoms with Crippen molar-refractivity contribution in [1.29, 1.82) is 0 Å². The van der Waals surface area contributed by atoms with Crippen LogP contribution in [0.4, 0.5) is 0 Å². The number of amides is 1. The third-order valence-electron chi connectivity index (χ3n) is 6.54. The topological polar surface area (TPSA) is 130 Å². The van der Waals surface area contributed by atoms with Gasteiger partial charge in [-0.15, -0.1) is 0 Å². The Bertz CT molecular complexity index is 785. The Labute approximate surface area is 187 Å². The second-order valence-corrected chi connectivity index (χ2v) is 8.53. The molecule has 3 aliphatic rings. The van der Waals surface area contributed by atoms with Crippen molar-refractivity contribution in [3.8, 4) is 5.88 Å². The van der Waals surface area contributed by atoms with Crippen LogP contribution in [0.2, 0.25) is 0 Å². The molecule has 32 heavy (non-hydrogen) atoms. The Morgan fingerprint density at radius 3 is 2.50 bits per heavy atom. The zero-order valence-corrected chi connectivity index (χ0v) is 18.3. The van der Waals surface area contributed by atoms with Crippen molar-refractivity contribution < 1.29 is 34.1 Å². The molecule has 0 saturated carbocycles. The van der Waals surface area contributed by atoms with Gasteiger partial charge in [-0.05, 0) is 31.7 Å². The van der Waals surface area contributed by atoms with E-state index in [1.54, 1.807) is 17.0 Å². The van der Waals surface area contributed by atoms with E-state index in [1.165, 1.54) is 13.3 Å². The van der Waals surface area contributed by atoms with Crippen molar-refractivity contribution in [2.45, 2.75) is 44.3 Å². The number of ether oxygens (including phenoxy) is 2. The van der Waals surface area contributed by atoms with E-state index >= 15 is 0 Å². The maximum Gasteiger partial charge on any atom is 0.312 e. The van der Waals surface area contributed by atoms with Gasteiger partial charge in [-0.3, -0.25) is 19.3 Å². The monoisotopic (exact) mass is 449 g/mol. The number of carbonyl (C=O) groups excluding carboxylic acids is 2. The molecule has 1 aromatic heterocycles. The maximum absolute atomic E-state index is 12.7. The maximum atomic E-state index is 12.7. The van der Waals surface area contributed by atoms with Crippen molar-refractivity contribution in [1.82, 2.24) is 14.8 Å². The smallest absolute Gasteiger partial charge is 0.312 e. The summed E-state index contributed by atoms with van der Waals surface area (Å²) >= 11 is 0. The third kappa shape index (κ3) is 5.55. The number of aromatic nitrogens is 1. The summed E-state index contributed by atoms with van der Waals surface area (Å²) in [5, 5.41) is 16.5. The van der Waals surface area contributed by atoms with Gasteiger partial charge in [0.05, 0.1) is 24.2 Å². The molecule has 0 aliphatic carbocycles. The van der Waals surface area contributed by atoms with Crippen LogP contribution in [-0.4, -0.2) is 95.4 Å². The second kappa shape index (κ2) is 10.7. The van der Waals surface area contributed by atoms with Crippen molar-refractivity contribution in [3.05, 3.63) is 23.9 Å². The van der Waals surface area contributed by atoms with Gasteiger partial charge in [0.1, 0.15) is 6.10 Å². The van der Waals surface area contributed by atoms with Crippen molar-refractivity contribution in [2.75, 3.05) is 39.8 Å². The van der Waals surface area contributed by atoms with Crippen LogP contribution in [0.25, 0.3) is 0 Å². The Hall–Kier alpha value is -2.72. The molecule has 1 atom stereocenters. The number of rotatable bonds is 4. The summed E-state index contributed by atoms with van der Waals surface area (Å²) in [5.74, 6) is 0.296. The molecular weight excluding hydrogens is 418 g/mol. The van der Waals surface area contributed by atoms with Gasteiger partial charge in [0, 0.05) is 51.4 Å². The molecule has 1 unspecified atom stereocenters. The number of aliphatic hydroxyl groups is 1. The van der Waals surface area contributed by atoms with Gasteiger partial charge in [-0.2, -0.15) is 0 Å². The predicted octanol–water partition coefficient (Wildman–Crippen LogP) is 0.786. The minimum atomic E-state index is -0.463. The van der Waals surface area contributed by atoms with E-state index < -0.39 is 5.41 Å². The molecular formula is C22H31N3O7. The number of nitrogens with zero attached hydrogens (tertiary/aromatic N) is 3. The average Bonchev–Trinajstić information content (AvgIpc) is 3.10. The van der Waals surface area contributed by atoms with Crippen molar-refractivity contribution >= 4 is 18.3 Å². The molecule has 0 radical (unpaired) electrons. The van der Waals surface area contributed by atoms with Crippen LogP contribution in [0.5, 0.6) is 5.88 Å². The zero-order chi connectivity index (χ0) is 23.1. The number of pyridine rings is 1. The molecule has 3 saturated heterocycles. The molecule has 0 aromatic carbocycles. The number of esters is 1. The van der Waals surface area contributed by atoms with E-state index in [4.69, 9.17) is 19.4 Å². The van der Waals surface area contributed by atoms with Crippen LogP contribution in [-0.2, 0) is 14.3 Å². The Balaban J connectivity index is 0.000000913. The number of methoxy groups -OCH3 is 1. The number of piperidine rings is 2. The van der Waals surface area contributed by atoms with Gasteiger partial charge < -0.3 is 24.6 Å². The van der Waals surface area contributed by atoms with E-state index in [-0.39, 0.29) is 30.6 Å². The predicted molar refractivity (Wildman–Crippen MR) is 113 cm³/mol. The Kier molecular flexibility index (Phi) is 8.03. The van der Waals surface area contributed by atoms with Crippen LogP contribution in [0, 0.1) is 5.41 Å². The lowest BCUT2D eigenvalue weighted by Crippen LogP contribution is -2.45. The summed E-state index contributed by atoms with van der Waals surface area (Å²) in [7, 11) is 1.54. The van der Waals surface area contributed by atoms with E-state index in [0.717, 1.165) is 38.9 Å². The molecule has 3 fully saturated rings. The minimum absolute atomic E-state index is 0.0650. The fourth-order valence-electron chi connectivity index (χ4n) is 4.69. The largest absolute Gasteiger partial charge is 0.483 e. The number of carbonyl (C=O) groups is 3. The molecule has 1 aromatic rings. The van der Waals surface area contributed by atoms with Crippen LogP contribution >= 0.6 is 0 Å². The lowest BCUT2D eigenvalue weighted by Gasteiger charge is -2.36.